The number of hydrogen-bond donors (Lipinski definition) is 1. The first-order valence-corrected chi connectivity index (χ1v) is 5.26. The molecule has 1 aromatic rings. The first-order valence-electron chi connectivity index (χ1n) is 5.26. The standard InChI is InChI=1S/C11H19N3O/c1-6-12-10-8(4)11(15-5)14-9(13-10)7(2)3/h7H,6H2,1-5H3,(H,12,13,14). The van der Waals surface area contributed by atoms with E-state index in [1.54, 1.807) is 7.11 Å². The molecule has 1 aromatic heterocycles. The number of rotatable bonds is 4. The molecule has 15 heavy (non-hydrogen) atoms. The minimum atomic E-state index is 0.303. The zero-order valence-electron chi connectivity index (χ0n) is 10.1. The van der Waals surface area contributed by atoms with Crippen molar-refractivity contribution in [2.45, 2.75) is 33.6 Å². The van der Waals surface area contributed by atoms with Gasteiger partial charge in [0.05, 0.1) is 12.7 Å². The zero-order chi connectivity index (χ0) is 11.4. The number of nitrogens with one attached hydrogen (secondary N) is 1. The van der Waals surface area contributed by atoms with Gasteiger partial charge < -0.3 is 10.1 Å². The molecule has 0 aliphatic carbocycles. The zero-order valence-corrected chi connectivity index (χ0v) is 10.1. The van der Waals surface area contributed by atoms with Crippen LogP contribution >= 0.6 is 0 Å². The number of aromatic nitrogens is 2. The molecule has 0 aliphatic rings. The second-order valence-corrected chi connectivity index (χ2v) is 3.75. The smallest absolute Gasteiger partial charge is 0.221 e. The average Bonchev–Trinajstić information content (AvgIpc) is 2.21. The number of ether oxygens (including phenoxy) is 1. The average molecular weight is 209 g/mol. The Hall–Kier alpha value is -1.32. The molecule has 0 aliphatic heterocycles. The molecule has 0 amide bonds. The van der Waals surface area contributed by atoms with Gasteiger partial charge in [-0.15, -0.1) is 0 Å². The first kappa shape index (κ1) is 11.8. The summed E-state index contributed by atoms with van der Waals surface area (Å²) in [7, 11) is 1.63. The van der Waals surface area contributed by atoms with Crippen LogP contribution < -0.4 is 10.1 Å². The molecule has 0 radical (unpaired) electrons. The second-order valence-electron chi connectivity index (χ2n) is 3.75. The quantitative estimate of drug-likeness (QED) is 0.826. The molecule has 0 bridgehead atoms. The number of anilines is 1. The van der Waals surface area contributed by atoms with E-state index in [1.807, 2.05) is 13.8 Å². The number of nitrogens with zero attached hydrogens (tertiary/aromatic N) is 2. The summed E-state index contributed by atoms with van der Waals surface area (Å²) in [4.78, 5) is 8.83. The van der Waals surface area contributed by atoms with Gasteiger partial charge in [0.25, 0.3) is 0 Å². The first-order chi connectivity index (χ1) is 7.10. The molecule has 0 atom stereocenters. The van der Waals surface area contributed by atoms with Crippen LogP contribution in [0, 0.1) is 6.92 Å². The third-order valence-corrected chi connectivity index (χ3v) is 2.17. The Labute approximate surface area is 91.1 Å². The Morgan fingerprint density at radius 3 is 2.47 bits per heavy atom. The largest absolute Gasteiger partial charge is 0.481 e. The lowest BCUT2D eigenvalue weighted by atomic mass is 10.2. The number of hydrogen-bond acceptors (Lipinski definition) is 4. The fourth-order valence-electron chi connectivity index (χ4n) is 1.31. The molecule has 84 valence electrons. The summed E-state index contributed by atoms with van der Waals surface area (Å²) in [6.45, 7) is 8.99. The van der Waals surface area contributed by atoms with E-state index in [0.29, 0.717) is 11.8 Å². The molecule has 0 aromatic carbocycles. The van der Waals surface area contributed by atoms with Crippen LogP contribution in [-0.4, -0.2) is 23.6 Å². The molecule has 0 spiro atoms. The predicted octanol–water partition coefficient (Wildman–Crippen LogP) is 2.35. The molecule has 0 fully saturated rings. The fourth-order valence-corrected chi connectivity index (χ4v) is 1.31. The van der Waals surface area contributed by atoms with E-state index in [0.717, 1.165) is 23.8 Å². The van der Waals surface area contributed by atoms with Crippen molar-refractivity contribution < 1.29 is 4.74 Å². The molecule has 1 N–H and O–H groups in total. The Balaban J connectivity index is 3.19. The molecule has 1 rings (SSSR count). The molecular weight excluding hydrogens is 190 g/mol. The van der Waals surface area contributed by atoms with E-state index < -0.39 is 0 Å². The van der Waals surface area contributed by atoms with E-state index in [4.69, 9.17) is 4.74 Å². The summed E-state index contributed by atoms with van der Waals surface area (Å²) >= 11 is 0. The third-order valence-electron chi connectivity index (χ3n) is 2.17. The predicted molar refractivity (Wildman–Crippen MR) is 61.6 cm³/mol. The van der Waals surface area contributed by atoms with Crippen molar-refractivity contribution in [3.05, 3.63) is 11.4 Å². The Bertz CT molecular complexity index is 337. The Morgan fingerprint density at radius 1 is 1.33 bits per heavy atom. The minimum Gasteiger partial charge on any atom is -0.481 e. The second kappa shape index (κ2) is 4.96. The SMILES string of the molecule is CCNc1nc(C(C)C)nc(OC)c1C. The summed E-state index contributed by atoms with van der Waals surface area (Å²) < 4.78 is 5.23. The fraction of sp³-hybridized carbons (Fsp3) is 0.636. The van der Waals surface area contributed by atoms with Gasteiger partial charge in [-0.2, -0.15) is 4.98 Å². The molecule has 1 heterocycles. The maximum atomic E-state index is 5.23. The molecular formula is C11H19N3O. The summed E-state index contributed by atoms with van der Waals surface area (Å²) in [5, 5.41) is 3.21. The van der Waals surface area contributed by atoms with Crippen LogP contribution in [0.5, 0.6) is 5.88 Å². The molecule has 0 unspecified atom stereocenters. The summed E-state index contributed by atoms with van der Waals surface area (Å²) in [5.41, 5.74) is 0.962. The van der Waals surface area contributed by atoms with Gasteiger partial charge in [-0.1, -0.05) is 13.8 Å². The monoisotopic (exact) mass is 209 g/mol. The van der Waals surface area contributed by atoms with Gasteiger partial charge in [0.2, 0.25) is 5.88 Å². The third kappa shape index (κ3) is 2.58. The highest BCUT2D eigenvalue weighted by molar-refractivity contribution is 5.48. The van der Waals surface area contributed by atoms with E-state index in [9.17, 15) is 0 Å². The van der Waals surface area contributed by atoms with Crippen molar-refractivity contribution in [3.63, 3.8) is 0 Å². The lowest BCUT2D eigenvalue weighted by Crippen LogP contribution is -2.08. The topological polar surface area (TPSA) is 47.0 Å². The van der Waals surface area contributed by atoms with Gasteiger partial charge in [0, 0.05) is 12.5 Å². The normalized spacial score (nSPS) is 10.5. The van der Waals surface area contributed by atoms with Crippen molar-refractivity contribution in [1.29, 1.82) is 0 Å². The Kier molecular flexibility index (Phi) is 3.88. The van der Waals surface area contributed by atoms with Crippen LogP contribution in [0.15, 0.2) is 0 Å². The van der Waals surface area contributed by atoms with E-state index >= 15 is 0 Å². The van der Waals surface area contributed by atoms with Crippen molar-refractivity contribution in [1.82, 2.24) is 9.97 Å². The highest BCUT2D eigenvalue weighted by atomic mass is 16.5. The van der Waals surface area contributed by atoms with Gasteiger partial charge >= 0.3 is 0 Å². The molecule has 4 heteroatoms. The van der Waals surface area contributed by atoms with Crippen molar-refractivity contribution in [2.75, 3.05) is 19.0 Å². The van der Waals surface area contributed by atoms with Crippen LogP contribution in [-0.2, 0) is 0 Å². The molecule has 4 nitrogen and oxygen atoms in total. The van der Waals surface area contributed by atoms with Crippen LogP contribution in [0.4, 0.5) is 5.82 Å². The Morgan fingerprint density at radius 2 is 2.00 bits per heavy atom. The highest BCUT2D eigenvalue weighted by Crippen LogP contribution is 2.24. The highest BCUT2D eigenvalue weighted by Gasteiger charge is 2.12. The van der Waals surface area contributed by atoms with E-state index in [2.05, 4.69) is 29.1 Å². The van der Waals surface area contributed by atoms with Crippen molar-refractivity contribution in [3.8, 4) is 5.88 Å². The van der Waals surface area contributed by atoms with Gasteiger partial charge in [-0.25, -0.2) is 4.98 Å². The van der Waals surface area contributed by atoms with Crippen LogP contribution in [0.25, 0.3) is 0 Å². The van der Waals surface area contributed by atoms with E-state index in [-0.39, 0.29) is 0 Å². The minimum absolute atomic E-state index is 0.303. The van der Waals surface area contributed by atoms with Crippen molar-refractivity contribution in [2.24, 2.45) is 0 Å². The maximum Gasteiger partial charge on any atom is 0.221 e. The summed E-state index contributed by atoms with van der Waals surface area (Å²) in [6.07, 6.45) is 0. The lowest BCUT2D eigenvalue weighted by molar-refractivity contribution is 0.390. The van der Waals surface area contributed by atoms with Crippen LogP contribution in [0.2, 0.25) is 0 Å². The van der Waals surface area contributed by atoms with E-state index in [1.165, 1.54) is 0 Å². The summed E-state index contributed by atoms with van der Waals surface area (Å²) in [6, 6.07) is 0. The maximum absolute atomic E-state index is 5.23. The summed E-state index contributed by atoms with van der Waals surface area (Å²) in [5.74, 6) is 2.64. The molecule has 0 saturated heterocycles. The van der Waals surface area contributed by atoms with Crippen LogP contribution in [0.1, 0.15) is 38.1 Å². The van der Waals surface area contributed by atoms with Crippen LogP contribution in [0.3, 0.4) is 0 Å². The van der Waals surface area contributed by atoms with Gasteiger partial charge in [0.15, 0.2) is 0 Å². The molecule has 0 saturated carbocycles. The van der Waals surface area contributed by atoms with Crippen molar-refractivity contribution >= 4 is 5.82 Å². The van der Waals surface area contributed by atoms with Gasteiger partial charge in [-0.05, 0) is 13.8 Å². The number of methoxy groups -OCH3 is 1. The lowest BCUT2D eigenvalue weighted by Gasteiger charge is -2.13. The van der Waals surface area contributed by atoms with Gasteiger partial charge in [-0.3, -0.25) is 0 Å². The van der Waals surface area contributed by atoms with Gasteiger partial charge in [0.1, 0.15) is 11.6 Å².